The van der Waals surface area contributed by atoms with E-state index in [-0.39, 0.29) is 87.0 Å². The molecule has 0 saturated carbocycles. The molecule has 23 heavy (non-hydrogen) atoms. The molecule has 0 aliphatic rings. The van der Waals surface area contributed by atoms with E-state index in [0.29, 0.717) is 0 Å². The van der Waals surface area contributed by atoms with Gasteiger partial charge in [0.1, 0.15) is 0 Å². The summed E-state index contributed by atoms with van der Waals surface area (Å²) in [5.41, 5.74) is 0. The predicted octanol–water partition coefficient (Wildman–Crippen LogP) is -1.58. The first kappa shape index (κ1) is 27.8. The summed E-state index contributed by atoms with van der Waals surface area (Å²) in [6, 6.07) is 0. The second kappa shape index (κ2) is 14.4. The standard InChI is InChI=1S/2C5H11NO4S.Ca/c2*1-5(7)6-3-2-4-11(8,9)10;/h2*2-4H2,1H3,(H,6,7)(H,8,9,10);/q;;+2. The van der Waals surface area contributed by atoms with Gasteiger partial charge in [0.05, 0.1) is 11.5 Å². The maximum atomic E-state index is 10.2. The molecule has 0 saturated heterocycles. The van der Waals surface area contributed by atoms with Gasteiger partial charge in [0.2, 0.25) is 11.8 Å². The largest absolute Gasteiger partial charge is 2.00 e. The van der Waals surface area contributed by atoms with Crippen LogP contribution in [-0.2, 0) is 29.8 Å². The molecule has 4 N–H and O–H groups in total. The second-order valence-corrected chi connectivity index (χ2v) is 7.39. The van der Waals surface area contributed by atoms with Crippen molar-refractivity contribution in [1.82, 2.24) is 10.6 Å². The van der Waals surface area contributed by atoms with E-state index in [9.17, 15) is 26.4 Å². The molecule has 13 heteroatoms. The van der Waals surface area contributed by atoms with Gasteiger partial charge in [0, 0.05) is 26.9 Å². The first-order valence-corrected chi connectivity index (χ1v) is 9.44. The van der Waals surface area contributed by atoms with Crippen LogP contribution in [0.5, 0.6) is 0 Å². The summed E-state index contributed by atoms with van der Waals surface area (Å²) in [4.78, 5) is 20.5. The summed E-state index contributed by atoms with van der Waals surface area (Å²) in [5, 5.41) is 4.81. The van der Waals surface area contributed by atoms with Crippen LogP contribution in [0, 0.1) is 0 Å². The van der Waals surface area contributed by atoms with Gasteiger partial charge in [-0.3, -0.25) is 18.7 Å². The Balaban J connectivity index is -0.000000333. The first-order chi connectivity index (χ1) is 9.83. The number of carbonyl (C=O) groups is 2. The zero-order chi connectivity index (χ0) is 17.8. The molecule has 132 valence electrons. The fourth-order valence-electron chi connectivity index (χ4n) is 1.04. The minimum Gasteiger partial charge on any atom is -0.356 e. The maximum absolute atomic E-state index is 10.2. The number of rotatable bonds is 8. The molecule has 0 heterocycles. The smallest absolute Gasteiger partial charge is 0.356 e. The monoisotopic (exact) mass is 402 g/mol. The summed E-state index contributed by atoms with van der Waals surface area (Å²) in [6.45, 7) is 3.23. The zero-order valence-electron chi connectivity index (χ0n) is 13.1. The predicted molar refractivity (Wildman–Crippen MR) is 85.2 cm³/mol. The molecule has 0 radical (unpaired) electrons. The second-order valence-electron chi connectivity index (χ2n) is 4.25. The molecule has 0 aromatic rings. The maximum Gasteiger partial charge on any atom is 2.00 e. The van der Waals surface area contributed by atoms with Crippen molar-refractivity contribution in [2.24, 2.45) is 0 Å². The quantitative estimate of drug-likeness (QED) is 0.214. The topological polar surface area (TPSA) is 167 Å². The van der Waals surface area contributed by atoms with Crippen molar-refractivity contribution in [2.75, 3.05) is 24.6 Å². The molecular formula is C10H22CaN2O8S2+2. The number of nitrogens with one attached hydrogen (secondary N) is 2. The number of amides is 2. The number of hydrogen-bond donors (Lipinski definition) is 4. The Labute approximate surface area is 166 Å². The van der Waals surface area contributed by atoms with Crippen LogP contribution in [-0.4, -0.2) is 100 Å². The summed E-state index contributed by atoms with van der Waals surface area (Å²) in [6.07, 6.45) is 0.469. The average molecular weight is 403 g/mol. The SMILES string of the molecule is CC(=O)NCCCS(=O)(=O)O.CC(=O)NCCCS(=O)(=O)O.[Ca+2]. The summed E-state index contributed by atoms with van der Waals surface area (Å²) in [5.74, 6) is -1.04. The molecule has 0 aliphatic heterocycles. The Morgan fingerprint density at radius 2 is 1.04 bits per heavy atom. The molecule has 0 fully saturated rings. The third-order valence-electron chi connectivity index (χ3n) is 1.91. The number of carbonyl (C=O) groups excluding carboxylic acids is 2. The molecular weight excluding hydrogens is 380 g/mol. The molecule has 10 nitrogen and oxygen atoms in total. The fourth-order valence-corrected chi connectivity index (χ4v) is 2.06. The van der Waals surface area contributed by atoms with Gasteiger partial charge in [-0.1, -0.05) is 0 Å². The Bertz CT molecular complexity index is 497. The van der Waals surface area contributed by atoms with Gasteiger partial charge >= 0.3 is 37.7 Å². The van der Waals surface area contributed by atoms with Crippen LogP contribution in [0.2, 0.25) is 0 Å². The van der Waals surface area contributed by atoms with Crippen LogP contribution in [0.15, 0.2) is 0 Å². The molecule has 0 spiro atoms. The molecule has 0 atom stereocenters. The summed E-state index contributed by atoms with van der Waals surface area (Å²) in [7, 11) is -7.75. The average Bonchev–Trinajstić information content (AvgIpc) is 2.28. The van der Waals surface area contributed by atoms with Gasteiger partial charge in [-0.05, 0) is 12.8 Å². The molecule has 0 aromatic carbocycles. The minimum absolute atomic E-state index is 0. The third-order valence-corrected chi connectivity index (χ3v) is 3.52. The van der Waals surface area contributed by atoms with Gasteiger partial charge in [-0.15, -0.1) is 0 Å². The van der Waals surface area contributed by atoms with Crippen molar-refractivity contribution < 1.29 is 35.5 Å². The molecule has 0 aliphatic carbocycles. The van der Waals surface area contributed by atoms with E-state index in [1.807, 2.05) is 0 Å². The third kappa shape index (κ3) is 34.4. The Hall–Kier alpha value is 0.0197. The molecule has 2 amide bonds. The van der Waals surface area contributed by atoms with Crippen molar-refractivity contribution in [1.29, 1.82) is 0 Å². The summed E-state index contributed by atoms with van der Waals surface area (Å²) < 4.78 is 57.0. The van der Waals surface area contributed by atoms with Crippen molar-refractivity contribution in [3.63, 3.8) is 0 Å². The van der Waals surface area contributed by atoms with Crippen molar-refractivity contribution >= 4 is 69.8 Å². The number of hydrogen-bond acceptors (Lipinski definition) is 6. The van der Waals surface area contributed by atoms with E-state index in [1.54, 1.807) is 0 Å². The molecule has 0 bridgehead atoms. The first-order valence-electron chi connectivity index (χ1n) is 6.22. The molecule has 0 aromatic heterocycles. The van der Waals surface area contributed by atoms with E-state index < -0.39 is 20.2 Å². The normalized spacial score (nSPS) is 10.6. The van der Waals surface area contributed by atoms with Gasteiger partial charge in [-0.25, -0.2) is 0 Å². The minimum atomic E-state index is -3.87. The van der Waals surface area contributed by atoms with E-state index >= 15 is 0 Å². The van der Waals surface area contributed by atoms with E-state index in [0.717, 1.165) is 0 Å². The van der Waals surface area contributed by atoms with Crippen LogP contribution >= 0.6 is 0 Å². The van der Waals surface area contributed by atoms with Gasteiger partial charge in [0.25, 0.3) is 20.2 Å². The van der Waals surface area contributed by atoms with Crippen LogP contribution in [0.25, 0.3) is 0 Å². The van der Waals surface area contributed by atoms with Crippen LogP contribution in [0.1, 0.15) is 26.7 Å². The van der Waals surface area contributed by atoms with Gasteiger partial charge in [0.15, 0.2) is 0 Å². The molecule has 0 unspecified atom stereocenters. The van der Waals surface area contributed by atoms with E-state index in [1.165, 1.54) is 13.8 Å². The molecule has 0 rings (SSSR count). The van der Waals surface area contributed by atoms with Crippen LogP contribution in [0.3, 0.4) is 0 Å². The zero-order valence-corrected chi connectivity index (χ0v) is 17.0. The summed E-state index contributed by atoms with van der Waals surface area (Å²) >= 11 is 0. The fraction of sp³-hybridized carbons (Fsp3) is 0.800. The van der Waals surface area contributed by atoms with E-state index in [2.05, 4.69) is 10.6 Å². The van der Waals surface area contributed by atoms with Crippen molar-refractivity contribution in [3.05, 3.63) is 0 Å². The Morgan fingerprint density at radius 3 is 1.22 bits per heavy atom. The Kier molecular flexibility index (Phi) is 17.4. The van der Waals surface area contributed by atoms with Crippen molar-refractivity contribution in [2.45, 2.75) is 26.7 Å². The van der Waals surface area contributed by atoms with Gasteiger partial charge in [-0.2, -0.15) is 16.8 Å². The Morgan fingerprint density at radius 1 is 0.783 bits per heavy atom. The van der Waals surface area contributed by atoms with Crippen LogP contribution in [0.4, 0.5) is 0 Å². The van der Waals surface area contributed by atoms with E-state index in [4.69, 9.17) is 9.11 Å². The van der Waals surface area contributed by atoms with Crippen LogP contribution < -0.4 is 10.6 Å². The van der Waals surface area contributed by atoms with Crippen molar-refractivity contribution in [3.8, 4) is 0 Å². The van der Waals surface area contributed by atoms with Gasteiger partial charge < -0.3 is 10.6 Å².